The molecule has 0 bridgehead atoms. The molecular formula is C14H23N3O2S. The van der Waals surface area contributed by atoms with Gasteiger partial charge in [0.1, 0.15) is 10.7 Å². The molecular weight excluding hydrogens is 274 g/mol. The summed E-state index contributed by atoms with van der Waals surface area (Å²) in [6.07, 6.45) is 6.67. The maximum Gasteiger partial charge on any atom is 0.244 e. The summed E-state index contributed by atoms with van der Waals surface area (Å²) >= 11 is 0. The molecule has 20 heavy (non-hydrogen) atoms. The number of aromatic nitrogens is 1. The molecule has 0 atom stereocenters. The van der Waals surface area contributed by atoms with Crippen molar-refractivity contribution in [3.8, 4) is 0 Å². The third-order valence-electron chi connectivity index (χ3n) is 3.53. The number of anilines is 1. The first kappa shape index (κ1) is 15.3. The molecule has 1 aromatic heterocycles. The van der Waals surface area contributed by atoms with Crippen LogP contribution in [-0.4, -0.2) is 37.3 Å². The summed E-state index contributed by atoms with van der Waals surface area (Å²) in [7, 11) is -3.36. The van der Waals surface area contributed by atoms with Gasteiger partial charge in [-0.2, -0.15) is 4.31 Å². The molecule has 0 unspecified atom stereocenters. The highest BCUT2D eigenvalue weighted by Crippen LogP contribution is 2.20. The SMILES string of the molecule is CCCCNc1ccc(S(=O)(=O)N2CCCCC2)cn1. The van der Waals surface area contributed by atoms with Gasteiger partial charge in [-0.3, -0.25) is 0 Å². The van der Waals surface area contributed by atoms with E-state index < -0.39 is 10.0 Å². The number of unbranched alkanes of at least 4 members (excludes halogenated alkanes) is 1. The van der Waals surface area contributed by atoms with E-state index in [1.54, 1.807) is 16.4 Å². The standard InChI is InChI=1S/C14H23N3O2S/c1-2-3-9-15-14-8-7-13(12-16-14)20(18,19)17-10-5-4-6-11-17/h7-8,12H,2-6,9-11H2,1H3,(H,15,16). The van der Waals surface area contributed by atoms with Crippen LogP contribution in [0.5, 0.6) is 0 Å². The van der Waals surface area contributed by atoms with Crippen molar-refractivity contribution in [2.24, 2.45) is 0 Å². The van der Waals surface area contributed by atoms with Gasteiger partial charge in [0.15, 0.2) is 0 Å². The molecule has 0 aliphatic carbocycles. The molecule has 1 saturated heterocycles. The Kier molecular flexibility index (Phi) is 5.37. The lowest BCUT2D eigenvalue weighted by molar-refractivity contribution is 0.346. The number of sulfonamides is 1. The Morgan fingerprint density at radius 1 is 1.25 bits per heavy atom. The van der Waals surface area contributed by atoms with E-state index in [1.165, 1.54) is 6.20 Å². The topological polar surface area (TPSA) is 62.3 Å². The number of pyridine rings is 1. The molecule has 112 valence electrons. The lowest BCUT2D eigenvalue weighted by Crippen LogP contribution is -2.35. The zero-order chi connectivity index (χ0) is 14.4. The third-order valence-corrected chi connectivity index (χ3v) is 5.41. The first-order chi connectivity index (χ1) is 9.64. The minimum absolute atomic E-state index is 0.292. The summed E-state index contributed by atoms with van der Waals surface area (Å²) in [4.78, 5) is 4.49. The monoisotopic (exact) mass is 297 g/mol. The minimum atomic E-state index is -3.36. The highest BCUT2D eigenvalue weighted by Gasteiger charge is 2.25. The van der Waals surface area contributed by atoms with Crippen LogP contribution in [-0.2, 0) is 10.0 Å². The van der Waals surface area contributed by atoms with Gasteiger partial charge in [-0.25, -0.2) is 13.4 Å². The lowest BCUT2D eigenvalue weighted by Gasteiger charge is -2.25. The molecule has 0 spiro atoms. The molecule has 1 fully saturated rings. The van der Waals surface area contributed by atoms with E-state index in [9.17, 15) is 8.42 Å². The quantitative estimate of drug-likeness (QED) is 0.819. The third kappa shape index (κ3) is 3.70. The minimum Gasteiger partial charge on any atom is -0.370 e. The maximum absolute atomic E-state index is 12.4. The van der Waals surface area contributed by atoms with Crippen molar-refractivity contribution >= 4 is 15.8 Å². The van der Waals surface area contributed by atoms with Crippen LogP contribution in [0.15, 0.2) is 23.2 Å². The van der Waals surface area contributed by atoms with Gasteiger partial charge < -0.3 is 5.32 Å². The molecule has 2 rings (SSSR count). The number of hydrogen-bond acceptors (Lipinski definition) is 4. The molecule has 0 aromatic carbocycles. The Hall–Kier alpha value is -1.14. The number of hydrogen-bond donors (Lipinski definition) is 1. The van der Waals surface area contributed by atoms with Crippen LogP contribution in [0.1, 0.15) is 39.0 Å². The van der Waals surface area contributed by atoms with E-state index in [0.29, 0.717) is 18.0 Å². The number of nitrogens with one attached hydrogen (secondary N) is 1. The van der Waals surface area contributed by atoms with Crippen LogP contribution < -0.4 is 5.32 Å². The average Bonchev–Trinajstić information content (AvgIpc) is 2.49. The van der Waals surface area contributed by atoms with Gasteiger partial charge in [0.25, 0.3) is 0 Å². The molecule has 1 aliphatic heterocycles. The number of nitrogens with zero attached hydrogens (tertiary/aromatic N) is 2. The van der Waals surface area contributed by atoms with Crippen LogP contribution in [0.3, 0.4) is 0 Å². The molecule has 6 heteroatoms. The molecule has 5 nitrogen and oxygen atoms in total. The highest BCUT2D eigenvalue weighted by atomic mass is 32.2. The second-order valence-corrected chi connectivity index (χ2v) is 7.06. The first-order valence-corrected chi connectivity index (χ1v) is 8.78. The van der Waals surface area contributed by atoms with Crippen molar-refractivity contribution in [2.45, 2.75) is 43.9 Å². The van der Waals surface area contributed by atoms with Crippen molar-refractivity contribution in [3.05, 3.63) is 18.3 Å². The van der Waals surface area contributed by atoms with E-state index in [1.807, 2.05) is 0 Å². The Labute approximate surface area is 121 Å². The Morgan fingerprint density at radius 2 is 2.00 bits per heavy atom. The van der Waals surface area contributed by atoms with Crippen LogP contribution in [0.25, 0.3) is 0 Å². The summed E-state index contributed by atoms with van der Waals surface area (Å²) in [6, 6.07) is 3.39. The second-order valence-electron chi connectivity index (χ2n) is 5.12. The normalized spacial score (nSPS) is 17.1. The summed E-state index contributed by atoms with van der Waals surface area (Å²) in [5.74, 6) is 0.732. The summed E-state index contributed by atoms with van der Waals surface area (Å²) in [6.45, 7) is 4.24. The van der Waals surface area contributed by atoms with E-state index in [2.05, 4.69) is 17.2 Å². The Bertz CT molecular complexity index is 508. The highest BCUT2D eigenvalue weighted by molar-refractivity contribution is 7.89. The second kappa shape index (κ2) is 7.04. The first-order valence-electron chi connectivity index (χ1n) is 7.34. The van der Waals surface area contributed by atoms with Crippen LogP contribution in [0, 0.1) is 0 Å². The zero-order valence-corrected chi connectivity index (χ0v) is 12.8. The van der Waals surface area contributed by atoms with Gasteiger partial charge in [0.05, 0.1) is 0 Å². The molecule has 0 saturated carbocycles. The van der Waals surface area contributed by atoms with Gasteiger partial charge in [0.2, 0.25) is 10.0 Å². The van der Waals surface area contributed by atoms with E-state index in [-0.39, 0.29) is 0 Å². The van der Waals surface area contributed by atoms with Crippen molar-refractivity contribution in [1.29, 1.82) is 0 Å². The van der Waals surface area contributed by atoms with Crippen molar-refractivity contribution in [2.75, 3.05) is 25.0 Å². The summed E-state index contributed by atoms with van der Waals surface area (Å²) < 4.78 is 26.4. The molecule has 0 radical (unpaired) electrons. The zero-order valence-electron chi connectivity index (χ0n) is 12.0. The lowest BCUT2D eigenvalue weighted by atomic mass is 10.2. The van der Waals surface area contributed by atoms with E-state index in [0.717, 1.165) is 44.5 Å². The summed E-state index contributed by atoms with van der Waals surface area (Å²) in [5, 5.41) is 3.18. The number of piperidine rings is 1. The van der Waals surface area contributed by atoms with Crippen molar-refractivity contribution in [1.82, 2.24) is 9.29 Å². The predicted molar refractivity (Wildman–Crippen MR) is 80.2 cm³/mol. The predicted octanol–water partition coefficient (Wildman–Crippen LogP) is 2.47. The van der Waals surface area contributed by atoms with Crippen molar-refractivity contribution < 1.29 is 8.42 Å². The fourth-order valence-corrected chi connectivity index (χ4v) is 3.75. The van der Waals surface area contributed by atoms with Crippen LogP contribution >= 0.6 is 0 Å². The van der Waals surface area contributed by atoms with Gasteiger partial charge in [-0.15, -0.1) is 0 Å². The molecule has 0 amide bonds. The molecule has 1 aromatic rings. The summed E-state index contributed by atoms with van der Waals surface area (Å²) in [5.41, 5.74) is 0. The smallest absolute Gasteiger partial charge is 0.244 e. The Morgan fingerprint density at radius 3 is 2.60 bits per heavy atom. The fraction of sp³-hybridized carbons (Fsp3) is 0.643. The van der Waals surface area contributed by atoms with E-state index >= 15 is 0 Å². The van der Waals surface area contributed by atoms with Gasteiger partial charge >= 0.3 is 0 Å². The van der Waals surface area contributed by atoms with Crippen molar-refractivity contribution in [3.63, 3.8) is 0 Å². The largest absolute Gasteiger partial charge is 0.370 e. The Balaban J connectivity index is 2.04. The fourth-order valence-electron chi connectivity index (χ4n) is 2.29. The van der Waals surface area contributed by atoms with Crippen LogP contribution in [0.2, 0.25) is 0 Å². The van der Waals surface area contributed by atoms with E-state index in [4.69, 9.17) is 0 Å². The molecule has 1 N–H and O–H groups in total. The van der Waals surface area contributed by atoms with Gasteiger partial charge in [0, 0.05) is 25.8 Å². The average molecular weight is 297 g/mol. The van der Waals surface area contributed by atoms with Gasteiger partial charge in [-0.1, -0.05) is 19.8 Å². The number of rotatable bonds is 6. The van der Waals surface area contributed by atoms with Crippen LogP contribution in [0.4, 0.5) is 5.82 Å². The van der Waals surface area contributed by atoms with Gasteiger partial charge in [-0.05, 0) is 31.4 Å². The molecule has 2 heterocycles. The molecule has 1 aliphatic rings. The maximum atomic E-state index is 12.4.